The maximum Gasteiger partial charge on any atom is 0.417 e. The Morgan fingerprint density at radius 2 is 1.91 bits per heavy atom. The van der Waals surface area contributed by atoms with Crippen LogP contribution in [0.5, 0.6) is 0 Å². The topological polar surface area (TPSA) is 109 Å². The van der Waals surface area contributed by atoms with Gasteiger partial charge in [0.1, 0.15) is 6.10 Å². The van der Waals surface area contributed by atoms with E-state index < -0.39 is 39.5 Å². The molecule has 0 saturated carbocycles. The van der Waals surface area contributed by atoms with Gasteiger partial charge < -0.3 is 9.72 Å². The smallest absolute Gasteiger partial charge is 0.417 e. The number of hydrogen-bond donors (Lipinski definition) is 2. The molecule has 0 unspecified atom stereocenters. The molecule has 0 spiro atoms. The fourth-order valence-corrected chi connectivity index (χ4v) is 4.17. The molecule has 0 radical (unpaired) electrons. The van der Waals surface area contributed by atoms with E-state index in [-0.39, 0.29) is 29.7 Å². The van der Waals surface area contributed by atoms with Crippen LogP contribution in [0.3, 0.4) is 0 Å². The first-order valence-electron chi connectivity index (χ1n) is 9.92. The molecule has 12 heteroatoms. The van der Waals surface area contributed by atoms with E-state index in [1.165, 1.54) is 47.4 Å². The van der Waals surface area contributed by atoms with Gasteiger partial charge in [-0.15, -0.1) is 0 Å². The Kier molecular flexibility index (Phi) is 5.96. The number of nitrogens with one attached hydrogen (secondary N) is 2. The maximum atomic E-state index is 13.4. The lowest BCUT2D eigenvalue weighted by atomic mass is 10.0. The van der Waals surface area contributed by atoms with Crippen molar-refractivity contribution in [1.82, 2.24) is 9.71 Å². The van der Waals surface area contributed by atoms with Gasteiger partial charge in [0, 0.05) is 34.3 Å². The van der Waals surface area contributed by atoms with E-state index in [1.54, 1.807) is 0 Å². The first kappa shape index (κ1) is 23.5. The van der Waals surface area contributed by atoms with Gasteiger partial charge in [-0.1, -0.05) is 30.8 Å². The van der Waals surface area contributed by atoms with Gasteiger partial charge in [0.2, 0.25) is 10.0 Å². The van der Waals surface area contributed by atoms with Crippen LogP contribution in [0.4, 0.5) is 23.7 Å². The van der Waals surface area contributed by atoms with E-state index in [0.717, 1.165) is 11.5 Å². The van der Waals surface area contributed by atoms with Crippen molar-refractivity contribution in [3.8, 4) is 11.3 Å². The molecule has 1 aliphatic heterocycles. The SMILES string of the molecule is C=CS(=O)(=O)NC[C@H]1CN(c2ccc3cc(-c4ccccc4C(F)(F)F)[nH]c(=O)c3c2)C(=O)O1. The zero-order valence-corrected chi connectivity index (χ0v) is 18.2. The first-order chi connectivity index (χ1) is 16.0. The molecule has 2 aromatic carbocycles. The van der Waals surface area contributed by atoms with E-state index in [1.807, 2.05) is 0 Å². The Morgan fingerprint density at radius 1 is 1.18 bits per heavy atom. The van der Waals surface area contributed by atoms with Gasteiger partial charge in [-0.25, -0.2) is 17.9 Å². The van der Waals surface area contributed by atoms with Crippen LogP contribution in [-0.2, 0) is 20.9 Å². The van der Waals surface area contributed by atoms with Crippen LogP contribution in [0.15, 0.2) is 65.3 Å². The highest BCUT2D eigenvalue weighted by Gasteiger charge is 2.34. The summed E-state index contributed by atoms with van der Waals surface area (Å²) < 4.78 is 70.6. The number of halogens is 3. The minimum atomic E-state index is -4.60. The Bertz CT molecular complexity index is 1450. The number of amides is 1. The van der Waals surface area contributed by atoms with Gasteiger partial charge in [-0.3, -0.25) is 9.69 Å². The summed E-state index contributed by atoms with van der Waals surface area (Å²) >= 11 is 0. The van der Waals surface area contributed by atoms with Crippen molar-refractivity contribution >= 4 is 32.6 Å². The molecule has 3 aromatic rings. The summed E-state index contributed by atoms with van der Waals surface area (Å²) in [6.45, 7) is 3.04. The predicted molar refractivity (Wildman–Crippen MR) is 120 cm³/mol. The molecular formula is C22H18F3N3O5S. The fraction of sp³-hybridized carbons (Fsp3) is 0.182. The summed E-state index contributed by atoms with van der Waals surface area (Å²) in [6, 6.07) is 10.8. The van der Waals surface area contributed by atoms with Gasteiger partial charge in [-0.2, -0.15) is 13.2 Å². The minimum Gasteiger partial charge on any atom is -0.443 e. The largest absolute Gasteiger partial charge is 0.443 e. The first-order valence-corrected chi connectivity index (χ1v) is 11.5. The van der Waals surface area contributed by atoms with Crippen molar-refractivity contribution in [2.45, 2.75) is 12.3 Å². The van der Waals surface area contributed by atoms with E-state index in [9.17, 15) is 31.2 Å². The number of ether oxygens (including phenoxy) is 1. The predicted octanol–water partition coefficient (Wildman–Crippen LogP) is 3.60. The number of aromatic amines is 1. The highest BCUT2D eigenvalue weighted by Crippen LogP contribution is 2.36. The molecule has 34 heavy (non-hydrogen) atoms. The maximum absolute atomic E-state index is 13.4. The van der Waals surface area contributed by atoms with Crippen LogP contribution in [0.2, 0.25) is 0 Å². The molecule has 1 amide bonds. The van der Waals surface area contributed by atoms with Crippen molar-refractivity contribution in [2.75, 3.05) is 18.0 Å². The molecule has 1 atom stereocenters. The molecule has 8 nitrogen and oxygen atoms in total. The third kappa shape index (κ3) is 4.68. The second kappa shape index (κ2) is 8.61. The van der Waals surface area contributed by atoms with E-state index in [0.29, 0.717) is 11.1 Å². The lowest BCUT2D eigenvalue weighted by molar-refractivity contribution is -0.137. The number of fused-ring (bicyclic) bond motifs is 1. The van der Waals surface area contributed by atoms with Gasteiger partial charge in [0.25, 0.3) is 5.56 Å². The number of carbonyl (C=O) groups is 1. The number of aromatic nitrogens is 1. The van der Waals surface area contributed by atoms with E-state index in [2.05, 4.69) is 16.3 Å². The lowest BCUT2D eigenvalue weighted by Gasteiger charge is -2.15. The zero-order chi connectivity index (χ0) is 24.7. The van der Waals surface area contributed by atoms with Crippen LogP contribution in [0.1, 0.15) is 5.56 Å². The van der Waals surface area contributed by atoms with Crippen molar-refractivity contribution in [2.24, 2.45) is 0 Å². The molecule has 2 heterocycles. The van der Waals surface area contributed by atoms with Crippen molar-refractivity contribution in [3.05, 3.63) is 76.4 Å². The van der Waals surface area contributed by atoms with Gasteiger partial charge in [0.15, 0.2) is 0 Å². The number of alkyl halides is 3. The number of sulfonamides is 1. The van der Waals surface area contributed by atoms with Crippen molar-refractivity contribution in [3.63, 3.8) is 0 Å². The molecular weight excluding hydrogens is 475 g/mol. The highest BCUT2D eigenvalue weighted by molar-refractivity contribution is 7.92. The number of rotatable bonds is 6. The van der Waals surface area contributed by atoms with Crippen LogP contribution in [0, 0.1) is 0 Å². The Balaban J connectivity index is 1.64. The summed E-state index contributed by atoms with van der Waals surface area (Å²) in [4.78, 5) is 28.7. The number of carbonyl (C=O) groups excluding carboxylic acids is 1. The molecule has 1 fully saturated rings. The second-order valence-electron chi connectivity index (χ2n) is 7.50. The summed E-state index contributed by atoms with van der Waals surface area (Å²) in [5.41, 5.74) is -1.34. The third-order valence-electron chi connectivity index (χ3n) is 5.27. The molecule has 1 aromatic heterocycles. The average Bonchev–Trinajstić information content (AvgIpc) is 3.17. The molecule has 4 rings (SSSR count). The summed E-state index contributed by atoms with van der Waals surface area (Å²) in [6.07, 6.45) is -6.09. The minimum absolute atomic E-state index is 0.00771. The average molecular weight is 493 g/mol. The molecule has 0 bridgehead atoms. The monoisotopic (exact) mass is 493 g/mol. The number of pyridine rings is 1. The Hall–Kier alpha value is -3.64. The third-order valence-corrected chi connectivity index (χ3v) is 6.28. The molecule has 2 N–H and O–H groups in total. The highest BCUT2D eigenvalue weighted by atomic mass is 32.2. The van der Waals surface area contributed by atoms with Gasteiger partial charge in [0.05, 0.1) is 12.1 Å². The van der Waals surface area contributed by atoms with Gasteiger partial charge in [-0.05, 0) is 29.7 Å². The number of cyclic esters (lactones) is 1. The van der Waals surface area contributed by atoms with Crippen LogP contribution in [-0.4, -0.2) is 38.7 Å². The summed E-state index contributed by atoms with van der Waals surface area (Å²) in [7, 11) is -3.69. The number of H-pyrrole nitrogens is 1. The normalized spacial score (nSPS) is 16.6. The fourth-order valence-electron chi connectivity index (χ4n) is 3.63. The molecule has 1 aliphatic rings. The number of nitrogens with zero attached hydrogens (tertiary/aromatic N) is 1. The van der Waals surface area contributed by atoms with Crippen LogP contribution < -0.4 is 15.2 Å². The zero-order valence-electron chi connectivity index (χ0n) is 17.4. The number of hydrogen-bond acceptors (Lipinski definition) is 5. The Morgan fingerprint density at radius 3 is 2.62 bits per heavy atom. The van der Waals surface area contributed by atoms with E-state index >= 15 is 0 Å². The standard InChI is InChI=1S/C22H18F3N3O5S/c1-2-34(31,32)26-11-15-12-28(21(30)33-15)14-8-7-13-9-19(27-20(29)17(13)10-14)16-5-3-4-6-18(16)22(23,24)25/h2-10,15,26H,1,11-12H2,(H,27,29)/t15-/m0/s1. The van der Waals surface area contributed by atoms with Crippen LogP contribution >= 0.6 is 0 Å². The molecule has 1 saturated heterocycles. The second-order valence-corrected chi connectivity index (χ2v) is 9.22. The van der Waals surface area contributed by atoms with Crippen molar-refractivity contribution in [1.29, 1.82) is 0 Å². The summed E-state index contributed by atoms with van der Waals surface area (Å²) in [5, 5.41) is 1.27. The molecule has 0 aliphatic carbocycles. The van der Waals surface area contributed by atoms with Gasteiger partial charge >= 0.3 is 12.3 Å². The Labute approximate surface area is 191 Å². The molecule has 178 valence electrons. The number of benzene rings is 2. The summed E-state index contributed by atoms with van der Waals surface area (Å²) in [5.74, 6) is 0. The number of anilines is 1. The van der Waals surface area contributed by atoms with E-state index in [4.69, 9.17) is 4.74 Å². The lowest BCUT2D eigenvalue weighted by Crippen LogP contribution is -2.33. The van der Waals surface area contributed by atoms with Crippen molar-refractivity contribution < 1.29 is 31.1 Å². The van der Waals surface area contributed by atoms with Crippen LogP contribution in [0.25, 0.3) is 22.0 Å². The quantitative estimate of drug-likeness (QED) is 0.546.